The van der Waals surface area contributed by atoms with Gasteiger partial charge < -0.3 is 0 Å². The lowest BCUT2D eigenvalue weighted by molar-refractivity contribution is 0.113. The topological polar surface area (TPSA) is 0 Å². The van der Waals surface area contributed by atoms with Crippen molar-refractivity contribution < 1.29 is 8.78 Å². The highest BCUT2D eigenvalue weighted by molar-refractivity contribution is 6.18. The molecule has 0 aromatic rings. The van der Waals surface area contributed by atoms with Crippen LogP contribution >= 0.6 is 11.6 Å². The van der Waals surface area contributed by atoms with Crippen LogP contribution in [0.1, 0.15) is 26.7 Å². The largest absolute Gasteiger partial charge is 0.238 e. The number of rotatable bonds is 5. The van der Waals surface area contributed by atoms with Crippen molar-refractivity contribution in [2.45, 2.75) is 33.1 Å². The minimum Gasteiger partial charge on any atom is -0.211 e. The van der Waals surface area contributed by atoms with E-state index in [1.54, 1.807) is 0 Å². The maximum absolute atomic E-state index is 11.8. The molecule has 11 heavy (non-hydrogen) atoms. The average molecular weight is 185 g/mol. The van der Waals surface area contributed by atoms with Crippen LogP contribution in [0.4, 0.5) is 8.78 Å². The Morgan fingerprint density at radius 2 is 1.64 bits per heavy atom. The highest BCUT2D eigenvalue weighted by atomic mass is 35.5. The van der Waals surface area contributed by atoms with E-state index in [2.05, 4.69) is 0 Å². The molecule has 0 aliphatic heterocycles. The summed E-state index contributed by atoms with van der Waals surface area (Å²) in [7, 11) is 0. The summed E-state index contributed by atoms with van der Waals surface area (Å²) in [6, 6.07) is 0. The summed E-state index contributed by atoms with van der Waals surface area (Å²) in [6.45, 7) is 3.82. The van der Waals surface area contributed by atoms with Crippen LogP contribution in [-0.4, -0.2) is 12.3 Å². The second kappa shape index (κ2) is 5.76. The van der Waals surface area contributed by atoms with Crippen molar-refractivity contribution in [3.8, 4) is 0 Å². The lowest BCUT2D eigenvalue weighted by Gasteiger charge is -2.13. The first-order valence-electron chi connectivity index (χ1n) is 3.90. The molecule has 3 heteroatoms. The van der Waals surface area contributed by atoms with Crippen LogP contribution < -0.4 is 0 Å². The van der Waals surface area contributed by atoms with Crippen LogP contribution in [0, 0.1) is 11.8 Å². The third-order valence-electron chi connectivity index (χ3n) is 1.65. The Morgan fingerprint density at radius 1 is 1.09 bits per heavy atom. The summed E-state index contributed by atoms with van der Waals surface area (Å²) in [5.74, 6) is 1.00. The van der Waals surface area contributed by atoms with Crippen LogP contribution in [-0.2, 0) is 0 Å². The zero-order valence-corrected chi connectivity index (χ0v) is 7.74. The molecule has 2 atom stereocenters. The SMILES string of the molecule is CC(CCl)CC(C)CC(F)F. The van der Waals surface area contributed by atoms with Crippen molar-refractivity contribution in [3.63, 3.8) is 0 Å². The molecule has 0 rings (SSSR count). The van der Waals surface area contributed by atoms with Crippen molar-refractivity contribution in [2.75, 3.05) is 5.88 Å². The fourth-order valence-electron chi connectivity index (χ4n) is 1.15. The number of halogens is 3. The van der Waals surface area contributed by atoms with Gasteiger partial charge in [-0.2, -0.15) is 0 Å². The maximum Gasteiger partial charge on any atom is 0.238 e. The van der Waals surface area contributed by atoms with Gasteiger partial charge >= 0.3 is 0 Å². The van der Waals surface area contributed by atoms with Crippen molar-refractivity contribution in [1.29, 1.82) is 0 Å². The van der Waals surface area contributed by atoms with E-state index in [4.69, 9.17) is 11.6 Å². The van der Waals surface area contributed by atoms with Crippen LogP contribution in [0.15, 0.2) is 0 Å². The molecule has 0 bridgehead atoms. The highest BCUT2D eigenvalue weighted by Crippen LogP contribution is 2.19. The molecule has 0 amide bonds. The molecule has 0 radical (unpaired) electrons. The predicted molar refractivity (Wildman–Crippen MR) is 44.3 cm³/mol. The zero-order chi connectivity index (χ0) is 8.85. The maximum atomic E-state index is 11.8. The van der Waals surface area contributed by atoms with Crippen molar-refractivity contribution in [3.05, 3.63) is 0 Å². The van der Waals surface area contributed by atoms with Gasteiger partial charge in [0, 0.05) is 12.3 Å². The summed E-state index contributed by atoms with van der Waals surface area (Å²) in [5, 5.41) is 0. The molecule has 0 saturated carbocycles. The molecule has 0 aromatic carbocycles. The zero-order valence-electron chi connectivity index (χ0n) is 6.99. The molecule has 2 unspecified atom stereocenters. The van der Waals surface area contributed by atoms with Gasteiger partial charge in [-0.15, -0.1) is 11.6 Å². The Balaban J connectivity index is 3.43. The van der Waals surface area contributed by atoms with Gasteiger partial charge in [-0.25, -0.2) is 8.78 Å². The normalized spacial score (nSPS) is 16.9. The Bertz CT molecular complexity index is 96.1. The monoisotopic (exact) mass is 184 g/mol. The van der Waals surface area contributed by atoms with Crippen molar-refractivity contribution in [2.24, 2.45) is 11.8 Å². The molecular formula is C8H15ClF2. The highest BCUT2D eigenvalue weighted by Gasteiger charge is 2.12. The Morgan fingerprint density at radius 3 is 2.00 bits per heavy atom. The Kier molecular flexibility index (Phi) is 5.83. The summed E-state index contributed by atoms with van der Waals surface area (Å²) in [4.78, 5) is 0. The third-order valence-corrected chi connectivity index (χ3v) is 2.18. The van der Waals surface area contributed by atoms with Crippen LogP contribution in [0.5, 0.6) is 0 Å². The Hall–Kier alpha value is 0.150. The molecule has 0 fully saturated rings. The smallest absolute Gasteiger partial charge is 0.211 e. The van der Waals surface area contributed by atoms with Crippen molar-refractivity contribution >= 4 is 11.6 Å². The summed E-state index contributed by atoms with van der Waals surface area (Å²) >= 11 is 5.55. The van der Waals surface area contributed by atoms with Crippen molar-refractivity contribution in [1.82, 2.24) is 0 Å². The van der Waals surface area contributed by atoms with E-state index in [-0.39, 0.29) is 12.3 Å². The third kappa shape index (κ3) is 6.54. The van der Waals surface area contributed by atoms with Gasteiger partial charge in [0.05, 0.1) is 0 Å². The first kappa shape index (κ1) is 11.2. The molecular weight excluding hydrogens is 170 g/mol. The molecule has 0 aromatic heterocycles. The molecule has 0 aliphatic carbocycles. The summed E-state index contributed by atoms with van der Waals surface area (Å²) in [6.07, 6.45) is -1.37. The van der Waals surface area contributed by atoms with Gasteiger partial charge in [0.2, 0.25) is 6.43 Å². The van der Waals surface area contributed by atoms with Gasteiger partial charge in [-0.05, 0) is 18.3 Å². The van der Waals surface area contributed by atoms with Crippen LogP contribution in [0.25, 0.3) is 0 Å². The Labute approximate surface area is 71.9 Å². The number of hydrogen-bond acceptors (Lipinski definition) is 0. The van der Waals surface area contributed by atoms with Gasteiger partial charge in [0.25, 0.3) is 0 Å². The number of alkyl halides is 3. The van der Waals surface area contributed by atoms with Crippen LogP contribution in [0.2, 0.25) is 0 Å². The summed E-state index contributed by atoms with van der Waals surface area (Å²) < 4.78 is 23.6. The molecule has 0 saturated heterocycles. The second-order valence-corrected chi connectivity index (χ2v) is 3.54. The molecule has 0 heterocycles. The first-order chi connectivity index (χ1) is 5.06. The van der Waals surface area contributed by atoms with Gasteiger partial charge in [0.1, 0.15) is 0 Å². The van der Waals surface area contributed by atoms with E-state index in [0.717, 1.165) is 6.42 Å². The standard InChI is InChI=1S/C8H15ClF2/c1-6(4-8(10)11)3-7(2)5-9/h6-8H,3-5H2,1-2H3. The second-order valence-electron chi connectivity index (χ2n) is 3.23. The first-order valence-corrected chi connectivity index (χ1v) is 4.43. The van der Waals surface area contributed by atoms with E-state index in [9.17, 15) is 8.78 Å². The molecule has 0 spiro atoms. The van der Waals surface area contributed by atoms with E-state index >= 15 is 0 Å². The summed E-state index contributed by atoms with van der Waals surface area (Å²) in [5.41, 5.74) is 0. The van der Waals surface area contributed by atoms with Gasteiger partial charge in [0.15, 0.2) is 0 Å². The van der Waals surface area contributed by atoms with Gasteiger partial charge in [-0.1, -0.05) is 13.8 Å². The molecule has 0 nitrogen and oxygen atoms in total. The fraction of sp³-hybridized carbons (Fsp3) is 1.00. The van der Waals surface area contributed by atoms with E-state index < -0.39 is 6.43 Å². The number of hydrogen-bond donors (Lipinski definition) is 0. The lowest BCUT2D eigenvalue weighted by atomic mass is 9.96. The minimum atomic E-state index is -2.17. The fourth-order valence-corrected chi connectivity index (χ4v) is 1.28. The van der Waals surface area contributed by atoms with E-state index in [0.29, 0.717) is 11.8 Å². The molecule has 0 aliphatic rings. The lowest BCUT2D eigenvalue weighted by Crippen LogP contribution is -2.07. The molecule has 0 N–H and O–H groups in total. The quantitative estimate of drug-likeness (QED) is 0.574. The van der Waals surface area contributed by atoms with Crippen LogP contribution in [0.3, 0.4) is 0 Å². The average Bonchev–Trinajstić information content (AvgIpc) is 1.85. The van der Waals surface area contributed by atoms with E-state index in [1.165, 1.54) is 0 Å². The molecule has 68 valence electrons. The van der Waals surface area contributed by atoms with Gasteiger partial charge in [-0.3, -0.25) is 0 Å². The minimum absolute atomic E-state index is 0.00122. The van der Waals surface area contributed by atoms with E-state index in [1.807, 2.05) is 13.8 Å². The predicted octanol–water partition coefficient (Wildman–Crippen LogP) is 3.54.